The van der Waals surface area contributed by atoms with Gasteiger partial charge in [-0.3, -0.25) is 4.79 Å². The summed E-state index contributed by atoms with van der Waals surface area (Å²) in [5, 5.41) is 3.85. The Kier molecular flexibility index (Phi) is 6.41. The first-order valence-electron chi connectivity index (χ1n) is 8.38. The lowest BCUT2D eigenvalue weighted by Gasteiger charge is -2.25. The lowest BCUT2D eigenvalue weighted by Crippen LogP contribution is -2.36. The predicted octanol–water partition coefficient (Wildman–Crippen LogP) is 4.01. The fraction of sp³-hybridized carbons (Fsp3) is 0.474. The Labute approximate surface area is 143 Å². The third-order valence-corrected chi connectivity index (χ3v) is 3.39. The van der Waals surface area contributed by atoms with Crippen molar-refractivity contribution in [3.8, 4) is 5.88 Å². The Balaban J connectivity index is 2.00. The summed E-state index contributed by atoms with van der Waals surface area (Å²) in [6.07, 6.45) is 0. The van der Waals surface area contributed by atoms with Gasteiger partial charge in [-0.15, -0.1) is 0 Å². The third kappa shape index (κ3) is 5.41. The number of amides is 1. The molecule has 0 unspecified atom stereocenters. The maximum atomic E-state index is 12.6. The number of carbonyl (C=O) groups excluding carboxylic acids is 1. The highest BCUT2D eigenvalue weighted by Crippen LogP contribution is 2.17. The van der Waals surface area contributed by atoms with Crippen LogP contribution < -0.4 is 4.74 Å². The number of benzene rings is 1. The smallest absolute Gasteiger partial charge is 0.292 e. The number of nitrogens with zero attached hydrogens (tertiary/aromatic N) is 2. The molecule has 0 spiro atoms. The fourth-order valence-electron chi connectivity index (χ4n) is 2.44. The van der Waals surface area contributed by atoms with E-state index in [1.165, 1.54) is 0 Å². The zero-order chi connectivity index (χ0) is 17.5. The Morgan fingerprint density at radius 2 is 1.75 bits per heavy atom. The molecule has 0 radical (unpaired) electrons. The van der Waals surface area contributed by atoms with Crippen molar-refractivity contribution in [2.24, 2.45) is 11.8 Å². The monoisotopic (exact) mass is 330 g/mol. The summed E-state index contributed by atoms with van der Waals surface area (Å²) in [6, 6.07) is 11.4. The minimum atomic E-state index is -0.139. The van der Waals surface area contributed by atoms with E-state index in [4.69, 9.17) is 9.26 Å². The Hall–Kier alpha value is -2.30. The predicted molar refractivity (Wildman–Crippen MR) is 92.9 cm³/mol. The molecule has 5 heteroatoms. The Morgan fingerprint density at radius 1 is 1.12 bits per heavy atom. The molecule has 1 amide bonds. The van der Waals surface area contributed by atoms with Crippen LogP contribution in [0, 0.1) is 11.8 Å². The second-order valence-corrected chi connectivity index (χ2v) is 6.80. The number of hydrogen-bond acceptors (Lipinski definition) is 4. The molecular weight excluding hydrogens is 304 g/mol. The fourth-order valence-corrected chi connectivity index (χ4v) is 2.44. The maximum absolute atomic E-state index is 12.6. The second kappa shape index (κ2) is 8.52. The molecule has 0 aliphatic carbocycles. The van der Waals surface area contributed by atoms with E-state index in [2.05, 4.69) is 32.9 Å². The molecule has 0 N–H and O–H groups in total. The summed E-state index contributed by atoms with van der Waals surface area (Å²) >= 11 is 0. The number of carbonyl (C=O) groups is 1. The zero-order valence-corrected chi connectivity index (χ0v) is 14.9. The highest BCUT2D eigenvalue weighted by Gasteiger charge is 2.22. The van der Waals surface area contributed by atoms with Gasteiger partial charge in [-0.2, -0.15) is 0 Å². The SMILES string of the molecule is CC(C)CN(CC(C)C)C(=O)c1cc(OCc2ccccc2)no1. The van der Waals surface area contributed by atoms with Crippen LogP contribution in [0.25, 0.3) is 0 Å². The lowest BCUT2D eigenvalue weighted by molar-refractivity contribution is 0.0672. The first kappa shape index (κ1) is 18.0. The average molecular weight is 330 g/mol. The van der Waals surface area contributed by atoms with Crippen LogP contribution in [0.2, 0.25) is 0 Å². The Morgan fingerprint density at radius 3 is 2.33 bits per heavy atom. The molecule has 0 aliphatic rings. The molecule has 1 aromatic carbocycles. The van der Waals surface area contributed by atoms with Crippen LogP contribution in [-0.2, 0) is 6.61 Å². The molecule has 2 rings (SSSR count). The third-order valence-electron chi connectivity index (χ3n) is 3.39. The standard InChI is InChI=1S/C19H26N2O3/c1-14(2)11-21(12-15(3)4)19(22)17-10-18(20-24-17)23-13-16-8-6-5-7-9-16/h5-10,14-15H,11-13H2,1-4H3. The summed E-state index contributed by atoms with van der Waals surface area (Å²) in [7, 11) is 0. The molecule has 0 fully saturated rings. The van der Waals surface area contributed by atoms with Gasteiger partial charge in [-0.1, -0.05) is 58.0 Å². The van der Waals surface area contributed by atoms with Gasteiger partial charge in [0.15, 0.2) is 0 Å². The van der Waals surface area contributed by atoms with E-state index >= 15 is 0 Å². The normalized spacial score (nSPS) is 11.1. The second-order valence-electron chi connectivity index (χ2n) is 6.80. The van der Waals surface area contributed by atoms with Gasteiger partial charge in [0.1, 0.15) is 6.61 Å². The van der Waals surface area contributed by atoms with Crippen molar-refractivity contribution in [3.05, 3.63) is 47.7 Å². The number of aromatic nitrogens is 1. The van der Waals surface area contributed by atoms with Crippen molar-refractivity contribution >= 4 is 5.91 Å². The number of hydrogen-bond donors (Lipinski definition) is 0. The van der Waals surface area contributed by atoms with Gasteiger partial charge in [0.25, 0.3) is 11.8 Å². The summed E-state index contributed by atoms with van der Waals surface area (Å²) in [5.74, 6) is 1.20. The van der Waals surface area contributed by atoms with Crippen LogP contribution >= 0.6 is 0 Å². The topological polar surface area (TPSA) is 55.6 Å². The molecule has 5 nitrogen and oxygen atoms in total. The maximum Gasteiger partial charge on any atom is 0.292 e. The van der Waals surface area contributed by atoms with E-state index in [1.54, 1.807) is 6.07 Å². The molecule has 0 saturated carbocycles. The highest BCUT2D eigenvalue weighted by atomic mass is 16.5. The average Bonchev–Trinajstić information content (AvgIpc) is 3.00. The summed E-state index contributed by atoms with van der Waals surface area (Å²) in [5.41, 5.74) is 1.04. The summed E-state index contributed by atoms with van der Waals surface area (Å²) in [6.45, 7) is 10.1. The molecule has 2 aromatic rings. The number of ether oxygens (including phenoxy) is 1. The van der Waals surface area contributed by atoms with Crippen molar-refractivity contribution in [3.63, 3.8) is 0 Å². The molecule has 0 atom stereocenters. The number of rotatable bonds is 8. The van der Waals surface area contributed by atoms with Crippen LogP contribution in [0.3, 0.4) is 0 Å². The van der Waals surface area contributed by atoms with Crippen molar-refractivity contribution in [2.45, 2.75) is 34.3 Å². The summed E-state index contributed by atoms with van der Waals surface area (Å²) in [4.78, 5) is 14.5. The van der Waals surface area contributed by atoms with Crippen LogP contribution in [0.4, 0.5) is 0 Å². The van der Waals surface area contributed by atoms with Gasteiger partial charge in [0, 0.05) is 13.1 Å². The summed E-state index contributed by atoms with van der Waals surface area (Å²) < 4.78 is 10.8. The first-order chi connectivity index (χ1) is 11.5. The zero-order valence-electron chi connectivity index (χ0n) is 14.9. The van der Waals surface area contributed by atoms with Crippen LogP contribution in [0.1, 0.15) is 43.8 Å². The molecule has 0 aliphatic heterocycles. The minimum Gasteiger partial charge on any atom is -0.471 e. The Bertz CT molecular complexity index is 625. The first-order valence-corrected chi connectivity index (χ1v) is 8.38. The quantitative estimate of drug-likeness (QED) is 0.734. The van der Waals surface area contributed by atoms with Gasteiger partial charge >= 0.3 is 0 Å². The lowest BCUT2D eigenvalue weighted by atomic mass is 10.1. The van der Waals surface area contributed by atoms with E-state index in [0.29, 0.717) is 37.4 Å². The van der Waals surface area contributed by atoms with E-state index in [0.717, 1.165) is 5.56 Å². The molecule has 0 bridgehead atoms. The van der Waals surface area contributed by atoms with Gasteiger partial charge in [-0.05, 0) is 22.6 Å². The molecule has 24 heavy (non-hydrogen) atoms. The van der Waals surface area contributed by atoms with Crippen LogP contribution in [0.5, 0.6) is 5.88 Å². The van der Waals surface area contributed by atoms with Crippen LogP contribution in [0.15, 0.2) is 40.9 Å². The van der Waals surface area contributed by atoms with E-state index in [9.17, 15) is 4.79 Å². The molecule has 130 valence electrons. The van der Waals surface area contributed by atoms with Crippen molar-refractivity contribution < 1.29 is 14.1 Å². The van der Waals surface area contributed by atoms with Crippen molar-refractivity contribution in [1.29, 1.82) is 0 Å². The van der Waals surface area contributed by atoms with Gasteiger partial charge in [0.2, 0.25) is 5.76 Å². The van der Waals surface area contributed by atoms with E-state index < -0.39 is 0 Å². The van der Waals surface area contributed by atoms with Crippen LogP contribution in [-0.4, -0.2) is 29.1 Å². The largest absolute Gasteiger partial charge is 0.471 e. The van der Waals surface area contributed by atoms with Gasteiger partial charge < -0.3 is 14.2 Å². The van der Waals surface area contributed by atoms with Gasteiger partial charge in [0.05, 0.1) is 6.07 Å². The van der Waals surface area contributed by atoms with Crippen molar-refractivity contribution in [1.82, 2.24) is 10.1 Å². The van der Waals surface area contributed by atoms with E-state index in [-0.39, 0.29) is 11.7 Å². The molecule has 1 heterocycles. The van der Waals surface area contributed by atoms with E-state index in [1.807, 2.05) is 35.2 Å². The van der Waals surface area contributed by atoms with Crippen molar-refractivity contribution in [2.75, 3.05) is 13.1 Å². The molecular formula is C19H26N2O3. The molecule has 1 aromatic heterocycles. The highest BCUT2D eigenvalue weighted by molar-refractivity contribution is 5.91. The molecule has 0 saturated heterocycles. The minimum absolute atomic E-state index is 0.139. The van der Waals surface area contributed by atoms with Gasteiger partial charge in [-0.25, -0.2) is 0 Å².